The molecule has 1 unspecified atom stereocenters. The first-order chi connectivity index (χ1) is 8.70. The highest BCUT2D eigenvalue weighted by molar-refractivity contribution is 7.99. The van der Waals surface area contributed by atoms with Crippen LogP contribution in [0.5, 0.6) is 5.75 Å². The van der Waals surface area contributed by atoms with Crippen molar-refractivity contribution in [2.24, 2.45) is 0 Å². The summed E-state index contributed by atoms with van der Waals surface area (Å²) in [7, 11) is 1.66. The Morgan fingerprint density at radius 2 is 1.72 bits per heavy atom. The smallest absolute Gasteiger partial charge is 0.118 e. The molecule has 18 heavy (non-hydrogen) atoms. The molecule has 0 amide bonds. The molecule has 2 nitrogen and oxygen atoms in total. The number of methoxy groups -OCH3 is 1. The van der Waals surface area contributed by atoms with Crippen LogP contribution in [0.1, 0.15) is 18.6 Å². The summed E-state index contributed by atoms with van der Waals surface area (Å²) < 4.78 is 5.13. The molecule has 2 aromatic rings. The predicted molar refractivity (Wildman–Crippen MR) is 74.2 cm³/mol. The molecule has 0 aliphatic rings. The van der Waals surface area contributed by atoms with E-state index in [1.165, 1.54) is 0 Å². The molecule has 0 fully saturated rings. The molecule has 0 aliphatic heterocycles. The molecule has 0 aromatic heterocycles. The van der Waals surface area contributed by atoms with E-state index in [-0.39, 0.29) is 0 Å². The molecule has 0 spiro atoms. The van der Waals surface area contributed by atoms with Crippen molar-refractivity contribution >= 4 is 11.8 Å². The number of rotatable bonds is 4. The van der Waals surface area contributed by atoms with Gasteiger partial charge in [-0.3, -0.25) is 0 Å². The fraction of sp³-hybridized carbons (Fsp3) is 0.200. The molecule has 0 saturated carbocycles. The van der Waals surface area contributed by atoms with E-state index in [1.807, 2.05) is 48.5 Å². The summed E-state index contributed by atoms with van der Waals surface area (Å²) >= 11 is 1.65. The number of ether oxygens (including phenoxy) is 1. The van der Waals surface area contributed by atoms with Crippen LogP contribution in [0, 0.1) is 0 Å². The lowest BCUT2D eigenvalue weighted by Crippen LogP contribution is -1.93. The third kappa shape index (κ3) is 3.06. The van der Waals surface area contributed by atoms with Gasteiger partial charge in [-0.25, -0.2) is 0 Å². The Bertz CT molecular complexity index is 506. The molecule has 1 atom stereocenters. The second kappa shape index (κ2) is 5.94. The van der Waals surface area contributed by atoms with Gasteiger partial charge < -0.3 is 9.84 Å². The van der Waals surface area contributed by atoms with Gasteiger partial charge in [0.15, 0.2) is 0 Å². The molecule has 2 rings (SSSR count). The molecule has 0 bridgehead atoms. The van der Waals surface area contributed by atoms with E-state index in [0.717, 1.165) is 21.1 Å². The molecular formula is C15H16O2S. The zero-order valence-corrected chi connectivity index (χ0v) is 11.3. The van der Waals surface area contributed by atoms with Crippen molar-refractivity contribution in [1.82, 2.24) is 0 Å². The van der Waals surface area contributed by atoms with Gasteiger partial charge in [-0.2, -0.15) is 0 Å². The maximum atomic E-state index is 9.73. The van der Waals surface area contributed by atoms with E-state index in [4.69, 9.17) is 4.74 Å². The summed E-state index contributed by atoms with van der Waals surface area (Å²) in [4.78, 5) is 2.21. The van der Waals surface area contributed by atoms with Gasteiger partial charge >= 0.3 is 0 Å². The minimum Gasteiger partial charge on any atom is -0.497 e. The van der Waals surface area contributed by atoms with Crippen molar-refractivity contribution in [3.8, 4) is 5.75 Å². The van der Waals surface area contributed by atoms with Crippen molar-refractivity contribution in [2.75, 3.05) is 7.11 Å². The van der Waals surface area contributed by atoms with Crippen LogP contribution in [0.15, 0.2) is 58.3 Å². The summed E-state index contributed by atoms with van der Waals surface area (Å²) in [5, 5.41) is 9.73. The Hall–Kier alpha value is -1.45. The Balaban J connectivity index is 2.22. The number of hydrogen-bond donors (Lipinski definition) is 1. The predicted octanol–water partition coefficient (Wildman–Crippen LogP) is 3.90. The van der Waals surface area contributed by atoms with Crippen LogP contribution in [0.3, 0.4) is 0 Å². The van der Waals surface area contributed by atoms with E-state index in [0.29, 0.717) is 0 Å². The van der Waals surface area contributed by atoms with Crippen LogP contribution in [0.2, 0.25) is 0 Å². The Morgan fingerprint density at radius 1 is 1.06 bits per heavy atom. The highest BCUT2D eigenvalue weighted by atomic mass is 32.2. The van der Waals surface area contributed by atoms with E-state index in [9.17, 15) is 5.11 Å². The van der Waals surface area contributed by atoms with Gasteiger partial charge in [-0.15, -0.1) is 0 Å². The summed E-state index contributed by atoms with van der Waals surface area (Å²) in [6.45, 7) is 1.79. The van der Waals surface area contributed by atoms with E-state index >= 15 is 0 Å². The average molecular weight is 260 g/mol. The van der Waals surface area contributed by atoms with Gasteiger partial charge in [-0.1, -0.05) is 30.0 Å². The van der Waals surface area contributed by atoms with Gasteiger partial charge in [0.2, 0.25) is 0 Å². The normalized spacial score (nSPS) is 12.2. The number of aliphatic hydroxyl groups is 1. The van der Waals surface area contributed by atoms with Crippen molar-refractivity contribution in [1.29, 1.82) is 0 Å². The molecule has 94 valence electrons. The van der Waals surface area contributed by atoms with Crippen LogP contribution in [0.4, 0.5) is 0 Å². The molecule has 3 heteroatoms. The summed E-state index contributed by atoms with van der Waals surface area (Å²) in [5.74, 6) is 0.850. The van der Waals surface area contributed by atoms with Crippen molar-refractivity contribution in [3.63, 3.8) is 0 Å². The minimum absolute atomic E-state index is 0.452. The summed E-state index contributed by atoms with van der Waals surface area (Å²) in [6.07, 6.45) is -0.452. The third-order valence-corrected chi connectivity index (χ3v) is 3.76. The lowest BCUT2D eigenvalue weighted by Gasteiger charge is -2.11. The molecule has 0 aliphatic carbocycles. The molecule has 0 heterocycles. The second-order valence-corrected chi connectivity index (χ2v) is 5.11. The van der Waals surface area contributed by atoms with Crippen LogP contribution in [0.25, 0.3) is 0 Å². The Kier molecular flexibility index (Phi) is 4.28. The van der Waals surface area contributed by atoms with Crippen molar-refractivity contribution < 1.29 is 9.84 Å². The second-order valence-electron chi connectivity index (χ2n) is 3.99. The first-order valence-corrected chi connectivity index (χ1v) is 6.61. The maximum Gasteiger partial charge on any atom is 0.118 e. The maximum absolute atomic E-state index is 9.73. The SMILES string of the molecule is COc1ccc(Sc2ccccc2C(C)O)cc1. The van der Waals surface area contributed by atoms with Gasteiger partial charge in [0, 0.05) is 9.79 Å². The Morgan fingerprint density at radius 3 is 2.33 bits per heavy atom. The summed E-state index contributed by atoms with van der Waals surface area (Å²) in [5.41, 5.74) is 0.957. The fourth-order valence-corrected chi connectivity index (χ4v) is 2.72. The highest BCUT2D eigenvalue weighted by Crippen LogP contribution is 2.33. The minimum atomic E-state index is -0.452. The summed E-state index contributed by atoms with van der Waals surface area (Å²) in [6, 6.07) is 15.8. The largest absolute Gasteiger partial charge is 0.497 e. The average Bonchev–Trinajstić information content (AvgIpc) is 2.40. The Labute approximate surface area is 112 Å². The van der Waals surface area contributed by atoms with Crippen LogP contribution >= 0.6 is 11.8 Å². The molecule has 0 saturated heterocycles. The van der Waals surface area contributed by atoms with Crippen LogP contribution < -0.4 is 4.74 Å². The molecule has 1 N–H and O–H groups in total. The van der Waals surface area contributed by atoms with Gasteiger partial charge in [0.05, 0.1) is 13.2 Å². The van der Waals surface area contributed by atoms with E-state index in [2.05, 4.69) is 0 Å². The van der Waals surface area contributed by atoms with E-state index in [1.54, 1.807) is 25.8 Å². The van der Waals surface area contributed by atoms with Gasteiger partial charge in [0.1, 0.15) is 5.75 Å². The van der Waals surface area contributed by atoms with Crippen molar-refractivity contribution in [3.05, 3.63) is 54.1 Å². The lowest BCUT2D eigenvalue weighted by atomic mass is 10.1. The third-order valence-electron chi connectivity index (χ3n) is 2.66. The quantitative estimate of drug-likeness (QED) is 0.904. The zero-order chi connectivity index (χ0) is 13.0. The van der Waals surface area contributed by atoms with Crippen molar-refractivity contribution in [2.45, 2.75) is 22.8 Å². The molecule has 0 radical (unpaired) electrons. The lowest BCUT2D eigenvalue weighted by molar-refractivity contribution is 0.196. The standard InChI is InChI=1S/C15H16O2S/c1-11(16)14-5-3-4-6-15(14)18-13-9-7-12(17-2)8-10-13/h3-11,16H,1-2H3. The fourth-order valence-electron chi connectivity index (χ4n) is 1.69. The van der Waals surface area contributed by atoms with Gasteiger partial charge in [-0.05, 0) is 42.8 Å². The van der Waals surface area contributed by atoms with Crippen LogP contribution in [-0.4, -0.2) is 12.2 Å². The number of hydrogen-bond acceptors (Lipinski definition) is 3. The monoisotopic (exact) mass is 260 g/mol. The van der Waals surface area contributed by atoms with Crippen LogP contribution in [-0.2, 0) is 0 Å². The first kappa shape index (κ1) is 13.0. The first-order valence-electron chi connectivity index (χ1n) is 5.79. The number of aliphatic hydroxyl groups excluding tert-OH is 1. The number of benzene rings is 2. The topological polar surface area (TPSA) is 29.5 Å². The van der Waals surface area contributed by atoms with Gasteiger partial charge in [0.25, 0.3) is 0 Å². The zero-order valence-electron chi connectivity index (χ0n) is 10.5. The highest BCUT2D eigenvalue weighted by Gasteiger charge is 2.08. The molecular weight excluding hydrogens is 244 g/mol. The van der Waals surface area contributed by atoms with E-state index < -0.39 is 6.10 Å². The molecule has 2 aromatic carbocycles.